The van der Waals surface area contributed by atoms with Crippen molar-refractivity contribution in [3.8, 4) is 0 Å². The van der Waals surface area contributed by atoms with Crippen molar-refractivity contribution in [3.63, 3.8) is 0 Å². The molecule has 0 unspecified atom stereocenters. The van der Waals surface area contributed by atoms with Crippen molar-refractivity contribution in [3.05, 3.63) is 23.3 Å². The number of anilines is 2. The van der Waals surface area contributed by atoms with Crippen LogP contribution in [0.2, 0.25) is 0 Å². The lowest BCUT2D eigenvalue weighted by molar-refractivity contribution is -0.139. The van der Waals surface area contributed by atoms with E-state index in [1.807, 2.05) is 6.92 Å². The molecular weight excluding hydrogens is 180 g/mol. The number of ether oxygens (including phenoxy) is 1. The van der Waals surface area contributed by atoms with Crippen LogP contribution in [0.25, 0.3) is 0 Å². The zero-order valence-corrected chi connectivity index (χ0v) is 8.33. The van der Waals surface area contributed by atoms with Gasteiger partial charge in [0.1, 0.15) is 0 Å². The van der Waals surface area contributed by atoms with Gasteiger partial charge in [0, 0.05) is 11.4 Å². The second kappa shape index (κ2) is 4.00. The third-order valence-electron chi connectivity index (χ3n) is 2.09. The first kappa shape index (κ1) is 10.4. The molecule has 14 heavy (non-hydrogen) atoms. The monoisotopic (exact) mass is 194 g/mol. The van der Waals surface area contributed by atoms with Gasteiger partial charge >= 0.3 is 5.97 Å². The molecule has 0 spiro atoms. The molecule has 4 heteroatoms. The van der Waals surface area contributed by atoms with Crippen LogP contribution in [0.15, 0.2) is 12.1 Å². The molecule has 0 saturated carbocycles. The molecule has 1 rings (SSSR count). The molecule has 0 aliphatic heterocycles. The lowest BCUT2D eigenvalue weighted by atomic mass is 10.1. The number of aryl methyl sites for hydroxylation is 1. The first-order valence-electron chi connectivity index (χ1n) is 4.26. The first-order chi connectivity index (χ1) is 6.54. The van der Waals surface area contributed by atoms with E-state index >= 15 is 0 Å². The summed E-state index contributed by atoms with van der Waals surface area (Å²) in [4.78, 5) is 11.0. The number of nitrogen functional groups attached to an aromatic ring is 2. The van der Waals surface area contributed by atoms with Gasteiger partial charge in [-0.3, -0.25) is 4.79 Å². The molecule has 0 atom stereocenters. The van der Waals surface area contributed by atoms with Crippen LogP contribution in [-0.2, 0) is 16.0 Å². The fourth-order valence-corrected chi connectivity index (χ4v) is 1.17. The maximum atomic E-state index is 11.0. The highest BCUT2D eigenvalue weighted by Crippen LogP contribution is 2.20. The lowest BCUT2D eigenvalue weighted by Crippen LogP contribution is -2.08. The number of esters is 1. The summed E-state index contributed by atoms with van der Waals surface area (Å²) in [5, 5.41) is 0. The smallest absolute Gasteiger partial charge is 0.310 e. The second-order valence-corrected chi connectivity index (χ2v) is 3.16. The average molecular weight is 194 g/mol. The van der Waals surface area contributed by atoms with Crippen molar-refractivity contribution < 1.29 is 9.53 Å². The third kappa shape index (κ3) is 2.16. The quantitative estimate of drug-likeness (QED) is 0.541. The Kier molecular flexibility index (Phi) is 2.96. The summed E-state index contributed by atoms with van der Waals surface area (Å²) in [6.07, 6.45) is 0.160. The van der Waals surface area contributed by atoms with E-state index in [2.05, 4.69) is 4.74 Å². The van der Waals surface area contributed by atoms with E-state index < -0.39 is 0 Å². The highest BCUT2D eigenvalue weighted by molar-refractivity contribution is 5.76. The van der Waals surface area contributed by atoms with Crippen molar-refractivity contribution in [1.29, 1.82) is 0 Å². The second-order valence-electron chi connectivity index (χ2n) is 3.16. The zero-order valence-electron chi connectivity index (χ0n) is 8.33. The van der Waals surface area contributed by atoms with E-state index in [0.717, 1.165) is 5.56 Å². The maximum absolute atomic E-state index is 11.0. The summed E-state index contributed by atoms with van der Waals surface area (Å²) in [6, 6.07) is 3.47. The van der Waals surface area contributed by atoms with E-state index in [1.165, 1.54) is 7.11 Å². The highest BCUT2D eigenvalue weighted by atomic mass is 16.5. The zero-order chi connectivity index (χ0) is 10.7. The van der Waals surface area contributed by atoms with Crippen molar-refractivity contribution in [2.75, 3.05) is 18.6 Å². The summed E-state index contributed by atoms with van der Waals surface area (Å²) < 4.78 is 4.54. The Morgan fingerprint density at radius 3 is 2.57 bits per heavy atom. The normalized spacial score (nSPS) is 9.86. The van der Waals surface area contributed by atoms with Gasteiger partial charge in [-0.15, -0.1) is 0 Å². The molecule has 0 bridgehead atoms. The van der Waals surface area contributed by atoms with Crippen LogP contribution < -0.4 is 11.5 Å². The van der Waals surface area contributed by atoms with E-state index in [1.54, 1.807) is 12.1 Å². The van der Waals surface area contributed by atoms with Crippen LogP contribution in [0, 0.1) is 6.92 Å². The molecule has 1 aromatic rings. The van der Waals surface area contributed by atoms with Gasteiger partial charge in [-0.05, 0) is 30.2 Å². The SMILES string of the molecule is COC(=O)Cc1cc(N)c(C)cc1N. The molecule has 0 fully saturated rings. The molecule has 0 radical (unpaired) electrons. The standard InChI is InChI=1S/C10H14N2O2/c1-6-3-9(12)7(4-8(6)11)5-10(13)14-2/h3-4H,5,11-12H2,1-2H3. The van der Waals surface area contributed by atoms with Gasteiger partial charge in [-0.2, -0.15) is 0 Å². The van der Waals surface area contributed by atoms with E-state index in [4.69, 9.17) is 11.5 Å². The van der Waals surface area contributed by atoms with Crippen LogP contribution in [0.3, 0.4) is 0 Å². The number of benzene rings is 1. The molecule has 1 aromatic carbocycles. The Morgan fingerprint density at radius 2 is 2.00 bits per heavy atom. The maximum Gasteiger partial charge on any atom is 0.310 e. The molecule has 76 valence electrons. The Labute approximate surface area is 82.8 Å². The molecule has 4 nitrogen and oxygen atoms in total. The third-order valence-corrected chi connectivity index (χ3v) is 2.09. The number of hydrogen-bond donors (Lipinski definition) is 2. The fraction of sp³-hybridized carbons (Fsp3) is 0.300. The van der Waals surface area contributed by atoms with E-state index in [9.17, 15) is 4.79 Å². The van der Waals surface area contributed by atoms with Crippen LogP contribution in [-0.4, -0.2) is 13.1 Å². The number of carbonyl (C=O) groups is 1. The molecule has 4 N–H and O–H groups in total. The van der Waals surface area contributed by atoms with Gasteiger partial charge in [0.15, 0.2) is 0 Å². The molecule has 0 amide bonds. The minimum Gasteiger partial charge on any atom is -0.469 e. The minimum absolute atomic E-state index is 0.160. The largest absolute Gasteiger partial charge is 0.469 e. The summed E-state index contributed by atoms with van der Waals surface area (Å²) >= 11 is 0. The number of hydrogen-bond acceptors (Lipinski definition) is 4. The van der Waals surface area contributed by atoms with Gasteiger partial charge in [-0.1, -0.05) is 0 Å². The Morgan fingerprint density at radius 1 is 1.36 bits per heavy atom. The van der Waals surface area contributed by atoms with Crippen molar-refractivity contribution >= 4 is 17.3 Å². The predicted molar refractivity (Wildman–Crippen MR) is 55.7 cm³/mol. The Bertz CT molecular complexity index is 361. The van der Waals surface area contributed by atoms with Crippen LogP contribution in [0.4, 0.5) is 11.4 Å². The average Bonchev–Trinajstić information content (AvgIpc) is 2.14. The van der Waals surface area contributed by atoms with Gasteiger partial charge < -0.3 is 16.2 Å². The van der Waals surface area contributed by atoms with Crippen LogP contribution >= 0.6 is 0 Å². The van der Waals surface area contributed by atoms with Gasteiger partial charge in [0.05, 0.1) is 13.5 Å². The minimum atomic E-state index is -0.319. The van der Waals surface area contributed by atoms with Gasteiger partial charge in [-0.25, -0.2) is 0 Å². The Hall–Kier alpha value is -1.71. The molecule has 0 aliphatic carbocycles. The molecule has 0 saturated heterocycles. The summed E-state index contributed by atoms with van der Waals surface area (Å²) in [5.74, 6) is -0.319. The molecule has 0 heterocycles. The van der Waals surface area contributed by atoms with Crippen LogP contribution in [0.5, 0.6) is 0 Å². The first-order valence-corrected chi connectivity index (χ1v) is 4.26. The highest BCUT2D eigenvalue weighted by Gasteiger charge is 2.08. The van der Waals surface area contributed by atoms with Crippen molar-refractivity contribution in [2.24, 2.45) is 0 Å². The molecule has 0 aromatic heterocycles. The summed E-state index contributed by atoms with van der Waals surface area (Å²) in [6.45, 7) is 1.87. The van der Waals surface area contributed by atoms with Crippen LogP contribution in [0.1, 0.15) is 11.1 Å². The lowest BCUT2D eigenvalue weighted by Gasteiger charge is -2.08. The summed E-state index contributed by atoms with van der Waals surface area (Å²) in [5.41, 5.74) is 14.3. The number of rotatable bonds is 2. The number of methoxy groups -OCH3 is 1. The van der Waals surface area contributed by atoms with Crippen molar-refractivity contribution in [1.82, 2.24) is 0 Å². The van der Waals surface area contributed by atoms with Crippen molar-refractivity contribution in [2.45, 2.75) is 13.3 Å². The molecular formula is C10H14N2O2. The topological polar surface area (TPSA) is 78.3 Å². The van der Waals surface area contributed by atoms with Gasteiger partial charge in [0.25, 0.3) is 0 Å². The van der Waals surface area contributed by atoms with E-state index in [-0.39, 0.29) is 12.4 Å². The predicted octanol–water partition coefficient (Wildman–Crippen LogP) is 0.875. The van der Waals surface area contributed by atoms with E-state index in [0.29, 0.717) is 16.9 Å². The molecule has 0 aliphatic rings. The summed E-state index contributed by atoms with van der Waals surface area (Å²) in [7, 11) is 1.34. The fourth-order valence-electron chi connectivity index (χ4n) is 1.17. The number of carbonyl (C=O) groups excluding carboxylic acids is 1. The Balaban J connectivity index is 2.98. The number of nitrogens with two attached hydrogens (primary N) is 2. The van der Waals surface area contributed by atoms with Gasteiger partial charge in [0.2, 0.25) is 0 Å².